The third-order valence-corrected chi connectivity index (χ3v) is 8.86. The summed E-state index contributed by atoms with van der Waals surface area (Å²) in [5, 5.41) is 47.5. The van der Waals surface area contributed by atoms with E-state index >= 15 is 0 Å². The molecule has 0 heterocycles. The Morgan fingerprint density at radius 3 is 1.73 bits per heavy atom. The fourth-order valence-corrected chi connectivity index (χ4v) is 5.73. The summed E-state index contributed by atoms with van der Waals surface area (Å²) in [6, 6.07) is 6.13. The van der Waals surface area contributed by atoms with Crippen LogP contribution in [0.4, 0.5) is 0 Å². The fraction of sp³-hybridized carbons (Fsp3) is 0.553. The average Bonchev–Trinajstić information content (AvgIpc) is 3.10. The van der Waals surface area contributed by atoms with Crippen LogP contribution in [0.15, 0.2) is 48.5 Å². The van der Waals surface area contributed by atoms with E-state index in [-0.39, 0.29) is 36.7 Å². The maximum atomic E-state index is 13.9. The number of unbranched alkanes of at least 4 members (excludes halogenated alkanes) is 4. The molecule has 0 aromatic heterocycles. The molecule has 2 aromatic rings. The monoisotopic (exact) mass is 727 g/mol. The maximum Gasteiger partial charge on any atom is 0.326 e. The lowest BCUT2D eigenvalue weighted by Crippen LogP contribution is -2.59. The van der Waals surface area contributed by atoms with E-state index in [4.69, 9.17) is 5.73 Å². The molecule has 0 unspecified atom stereocenters. The van der Waals surface area contributed by atoms with Crippen molar-refractivity contribution in [1.29, 1.82) is 0 Å². The van der Waals surface area contributed by atoms with Gasteiger partial charge in [0.25, 0.3) is 5.91 Å². The summed E-state index contributed by atoms with van der Waals surface area (Å²) in [5.41, 5.74) is 7.16. The van der Waals surface area contributed by atoms with Gasteiger partial charge >= 0.3 is 5.97 Å². The Kier molecular flexibility index (Phi) is 18.1. The largest absolute Gasteiger partial charge is 0.508 e. The number of nitrogens with two attached hydrogens (primary N) is 1. The van der Waals surface area contributed by atoms with Crippen LogP contribution in [-0.2, 0) is 36.8 Å². The van der Waals surface area contributed by atoms with Gasteiger partial charge < -0.3 is 47.0 Å². The Labute approximate surface area is 306 Å². The Balaban J connectivity index is 2.23. The molecule has 0 aliphatic heterocycles. The SMILES string of the molecule is CCCCCCC[C@@H](N)[C@H](O)C(=O)N[C@@H](C)C(=O)N(C)[C@@H](CC(C)C)C(=O)N[C@@H](Cc1ccc(O)cc1)C(=O)N[C@@H](Cc1ccc(O)cc1)C(=O)O. The summed E-state index contributed by atoms with van der Waals surface area (Å²) in [6.07, 6.45) is 3.86. The number of carboxylic acids is 1. The van der Waals surface area contributed by atoms with Crippen LogP contribution in [0.25, 0.3) is 0 Å². The molecule has 0 aliphatic carbocycles. The van der Waals surface area contributed by atoms with Gasteiger partial charge in [0.2, 0.25) is 17.7 Å². The molecule has 0 spiro atoms. The number of benzene rings is 2. The van der Waals surface area contributed by atoms with Gasteiger partial charge in [-0.1, -0.05) is 77.1 Å². The third kappa shape index (κ3) is 14.5. The van der Waals surface area contributed by atoms with Crippen molar-refractivity contribution in [3.8, 4) is 11.5 Å². The lowest BCUT2D eigenvalue weighted by atomic mass is 9.99. The van der Waals surface area contributed by atoms with Gasteiger partial charge in [0.1, 0.15) is 41.8 Å². The molecule has 6 atom stereocenters. The smallest absolute Gasteiger partial charge is 0.326 e. The van der Waals surface area contributed by atoms with Crippen molar-refractivity contribution in [1.82, 2.24) is 20.9 Å². The molecule has 52 heavy (non-hydrogen) atoms. The van der Waals surface area contributed by atoms with Gasteiger partial charge in [0.15, 0.2) is 0 Å². The summed E-state index contributed by atoms with van der Waals surface area (Å²) >= 11 is 0. The van der Waals surface area contributed by atoms with Crippen molar-refractivity contribution in [3.63, 3.8) is 0 Å². The summed E-state index contributed by atoms with van der Waals surface area (Å²) in [4.78, 5) is 67.3. The number of rotatable bonds is 22. The van der Waals surface area contributed by atoms with Crippen LogP contribution < -0.4 is 21.7 Å². The number of nitrogens with zero attached hydrogens (tertiary/aromatic N) is 1. The number of aliphatic hydroxyl groups excluding tert-OH is 1. The molecule has 9 N–H and O–H groups in total. The maximum absolute atomic E-state index is 13.9. The first kappa shape index (κ1) is 43.5. The Morgan fingerprint density at radius 1 is 0.731 bits per heavy atom. The Morgan fingerprint density at radius 2 is 1.23 bits per heavy atom. The number of phenolic OH excluding ortho intramolecular Hbond substituents is 2. The van der Waals surface area contributed by atoms with E-state index in [0.717, 1.165) is 32.1 Å². The van der Waals surface area contributed by atoms with Crippen LogP contribution in [0.1, 0.15) is 83.8 Å². The lowest BCUT2D eigenvalue weighted by Gasteiger charge is -2.32. The zero-order chi connectivity index (χ0) is 39.0. The molecule has 4 amide bonds. The number of likely N-dealkylation sites (N-methyl/N-ethyl adjacent to an activating group) is 1. The van der Waals surface area contributed by atoms with E-state index in [1.54, 1.807) is 12.1 Å². The molecule has 0 aliphatic rings. The summed E-state index contributed by atoms with van der Waals surface area (Å²) in [7, 11) is 1.41. The second-order valence-corrected chi connectivity index (χ2v) is 13.8. The highest BCUT2D eigenvalue weighted by Gasteiger charge is 2.35. The molecule has 2 aromatic carbocycles. The van der Waals surface area contributed by atoms with Crippen molar-refractivity contribution in [2.24, 2.45) is 11.7 Å². The van der Waals surface area contributed by atoms with E-state index < -0.39 is 65.9 Å². The first-order valence-electron chi connectivity index (χ1n) is 17.9. The Bertz CT molecular complexity index is 1450. The number of hydrogen-bond donors (Lipinski definition) is 8. The molecule has 0 saturated carbocycles. The van der Waals surface area contributed by atoms with Gasteiger partial charge in [-0.3, -0.25) is 19.2 Å². The number of aliphatic carboxylic acids is 1. The summed E-state index contributed by atoms with van der Waals surface area (Å²) in [6.45, 7) is 7.25. The number of hydrogen-bond acceptors (Lipinski definition) is 9. The highest BCUT2D eigenvalue weighted by molar-refractivity contribution is 5.95. The number of amides is 4. The molecule has 14 nitrogen and oxygen atoms in total. The quantitative estimate of drug-likeness (QED) is 0.0826. The number of aliphatic hydroxyl groups is 1. The number of phenols is 2. The van der Waals surface area contributed by atoms with Crippen LogP contribution in [0.5, 0.6) is 11.5 Å². The number of aromatic hydroxyl groups is 2. The molecule has 288 valence electrons. The zero-order valence-electron chi connectivity index (χ0n) is 30.9. The van der Waals surface area contributed by atoms with Gasteiger partial charge in [0, 0.05) is 25.9 Å². The number of carboxylic acid groups (broad SMARTS) is 1. The normalized spacial score (nSPS) is 14.7. The van der Waals surface area contributed by atoms with Crippen LogP contribution in [0, 0.1) is 5.92 Å². The van der Waals surface area contributed by atoms with Crippen molar-refractivity contribution in [2.75, 3.05) is 7.05 Å². The van der Waals surface area contributed by atoms with E-state index in [9.17, 15) is 44.4 Å². The van der Waals surface area contributed by atoms with Crippen LogP contribution in [0.2, 0.25) is 0 Å². The molecule has 2 rings (SSSR count). The highest BCUT2D eigenvalue weighted by atomic mass is 16.4. The zero-order valence-corrected chi connectivity index (χ0v) is 30.9. The van der Waals surface area contributed by atoms with Crippen LogP contribution >= 0.6 is 0 Å². The predicted molar refractivity (Wildman–Crippen MR) is 196 cm³/mol. The predicted octanol–water partition coefficient (Wildman–Crippen LogP) is 2.36. The van der Waals surface area contributed by atoms with E-state index in [1.807, 2.05) is 13.8 Å². The Hall–Kier alpha value is -4.69. The lowest BCUT2D eigenvalue weighted by molar-refractivity contribution is -0.144. The van der Waals surface area contributed by atoms with E-state index in [1.165, 1.54) is 55.3 Å². The number of carbonyl (C=O) groups excluding carboxylic acids is 4. The molecule has 0 radical (unpaired) electrons. The third-order valence-electron chi connectivity index (χ3n) is 8.86. The fourth-order valence-electron chi connectivity index (χ4n) is 5.73. The van der Waals surface area contributed by atoms with Gasteiger partial charge in [0.05, 0.1) is 0 Å². The first-order valence-corrected chi connectivity index (χ1v) is 17.9. The topological polar surface area (TPSA) is 232 Å². The molecule has 0 fully saturated rings. The molecule has 0 bridgehead atoms. The molecular formula is C38H57N5O9. The van der Waals surface area contributed by atoms with Gasteiger partial charge in [-0.15, -0.1) is 0 Å². The minimum Gasteiger partial charge on any atom is -0.508 e. The summed E-state index contributed by atoms with van der Waals surface area (Å²) < 4.78 is 0. The molecule has 14 heteroatoms. The second-order valence-electron chi connectivity index (χ2n) is 13.8. The van der Waals surface area contributed by atoms with Crippen molar-refractivity contribution in [2.45, 2.75) is 122 Å². The minimum absolute atomic E-state index is 0.00204. The average molecular weight is 728 g/mol. The van der Waals surface area contributed by atoms with E-state index in [0.29, 0.717) is 17.5 Å². The standard InChI is InChI=1S/C38H57N5O9/c1-6-7-8-9-10-11-29(39)33(46)36(49)40-24(4)37(50)43(5)32(20-23(2)3)35(48)41-30(21-25-12-16-27(44)17-13-25)34(47)42-31(38(51)52)22-26-14-18-28(45)19-15-26/h12-19,23-24,29-33,44-46H,6-11,20-22,39H2,1-5H3,(H,40,49)(H,41,48)(H,42,47)(H,51,52)/t24-,29+,30-,31-,32-,33-/m0/s1. The van der Waals surface area contributed by atoms with Gasteiger partial charge in [-0.05, 0) is 61.1 Å². The van der Waals surface area contributed by atoms with Crippen LogP contribution in [-0.4, -0.2) is 98.3 Å². The van der Waals surface area contributed by atoms with Crippen molar-refractivity contribution in [3.05, 3.63) is 59.7 Å². The van der Waals surface area contributed by atoms with E-state index in [2.05, 4.69) is 22.9 Å². The second kappa shape index (κ2) is 21.6. The molecule has 0 saturated heterocycles. The van der Waals surface area contributed by atoms with Crippen molar-refractivity contribution >= 4 is 29.6 Å². The van der Waals surface area contributed by atoms with Crippen molar-refractivity contribution < 1.29 is 44.4 Å². The molecular weight excluding hydrogens is 670 g/mol. The number of nitrogens with one attached hydrogen (secondary N) is 3. The minimum atomic E-state index is -1.52. The number of carbonyl (C=O) groups is 5. The van der Waals surface area contributed by atoms with Gasteiger partial charge in [-0.2, -0.15) is 0 Å². The summed E-state index contributed by atoms with van der Waals surface area (Å²) in [5.74, 6) is -4.30. The highest BCUT2D eigenvalue weighted by Crippen LogP contribution is 2.17. The first-order chi connectivity index (χ1) is 24.5. The van der Waals surface area contributed by atoms with Gasteiger partial charge in [-0.25, -0.2) is 4.79 Å². The van der Waals surface area contributed by atoms with Crippen LogP contribution in [0.3, 0.4) is 0 Å².